The van der Waals surface area contributed by atoms with E-state index >= 15 is 0 Å². The Balaban J connectivity index is 1.97. The lowest BCUT2D eigenvalue weighted by molar-refractivity contribution is 0.0773. The summed E-state index contributed by atoms with van der Waals surface area (Å²) in [5, 5.41) is 5.51. The summed E-state index contributed by atoms with van der Waals surface area (Å²) in [7, 11) is 0. The third-order valence-corrected chi connectivity index (χ3v) is 3.79. The number of carbonyl (C=O) groups is 2. The number of aromatic nitrogens is 1. The van der Waals surface area contributed by atoms with E-state index in [1.165, 1.54) is 0 Å². The molecule has 6 heteroatoms. The first kappa shape index (κ1) is 18.4. The van der Waals surface area contributed by atoms with Crippen LogP contribution in [0.2, 0.25) is 0 Å². The molecule has 1 aromatic heterocycles. The van der Waals surface area contributed by atoms with Crippen LogP contribution in [0.3, 0.4) is 0 Å². The Morgan fingerprint density at radius 2 is 1.80 bits per heavy atom. The molecule has 132 valence electrons. The summed E-state index contributed by atoms with van der Waals surface area (Å²) in [6.45, 7) is 7.42. The normalized spacial score (nSPS) is 10.2. The zero-order valence-electron chi connectivity index (χ0n) is 14.9. The highest BCUT2D eigenvalue weighted by Crippen LogP contribution is 2.13. The fourth-order valence-electron chi connectivity index (χ4n) is 2.47. The number of pyridine rings is 1. The molecule has 0 saturated carbocycles. The third-order valence-electron chi connectivity index (χ3n) is 3.79. The number of nitrogens with zero attached hydrogens (tertiary/aromatic N) is 2. The summed E-state index contributed by atoms with van der Waals surface area (Å²) in [5.74, 6) is -0.0435. The van der Waals surface area contributed by atoms with Gasteiger partial charge in [0, 0.05) is 30.0 Å². The van der Waals surface area contributed by atoms with Gasteiger partial charge in [-0.05, 0) is 51.1 Å². The molecule has 0 aliphatic rings. The lowest BCUT2D eigenvalue weighted by Crippen LogP contribution is -2.31. The van der Waals surface area contributed by atoms with Gasteiger partial charge in [0.05, 0.1) is 12.2 Å². The van der Waals surface area contributed by atoms with Gasteiger partial charge >= 0.3 is 6.03 Å². The molecule has 2 rings (SSSR count). The Morgan fingerprint density at radius 1 is 1.08 bits per heavy atom. The lowest BCUT2D eigenvalue weighted by Gasteiger charge is -2.19. The average Bonchev–Trinajstić information content (AvgIpc) is 2.61. The van der Waals surface area contributed by atoms with Crippen LogP contribution in [0.1, 0.15) is 35.6 Å². The van der Waals surface area contributed by atoms with E-state index in [1.54, 1.807) is 29.2 Å². The minimum Gasteiger partial charge on any atom is -0.339 e. The molecule has 1 heterocycles. The molecule has 1 aromatic carbocycles. The zero-order valence-corrected chi connectivity index (χ0v) is 14.9. The van der Waals surface area contributed by atoms with Crippen LogP contribution < -0.4 is 10.6 Å². The van der Waals surface area contributed by atoms with Gasteiger partial charge in [0.2, 0.25) is 0 Å². The van der Waals surface area contributed by atoms with E-state index in [4.69, 9.17) is 0 Å². The number of aryl methyl sites for hydroxylation is 1. The van der Waals surface area contributed by atoms with E-state index in [2.05, 4.69) is 15.6 Å². The summed E-state index contributed by atoms with van der Waals surface area (Å²) in [4.78, 5) is 30.5. The molecule has 2 N–H and O–H groups in total. The quantitative estimate of drug-likeness (QED) is 0.848. The first-order chi connectivity index (χ1) is 12.0. The highest BCUT2D eigenvalue weighted by Gasteiger charge is 2.13. The van der Waals surface area contributed by atoms with Crippen molar-refractivity contribution in [1.29, 1.82) is 0 Å². The second-order valence-electron chi connectivity index (χ2n) is 5.64. The van der Waals surface area contributed by atoms with Crippen molar-refractivity contribution in [1.82, 2.24) is 15.2 Å². The number of rotatable bonds is 6. The van der Waals surface area contributed by atoms with E-state index in [1.807, 2.05) is 39.0 Å². The summed E-state index contributed by atoms with van der Waals surface area (Å²) in [6, 6.07) is 12.3. The molecular formula is C19H24N4O2. The highest BCUT2D eigenvalue weighted by molar-refractivity contribution is 5.96. The molecule has 25 heavy (non-hydrogen) atoms. The number of hydrogen-bond donors (Lipinski definition) is 2. The van der Waals surface area contributed by atoms with Crippen molar-refractivity contribution >= 4 is 17.6 Å². The number of amides is 3. The van der Waals surface area contributed by atoms with Crippen LogP contribution >= 0.6 is 0 Å². The standard InChI is InChI=1S/C19H24N4O2/c1-4-23(5-2)18(24)15-9-7-10-16(12-15)22-19(25)20-13-17-11-6-8-14(3)21-17/h6-12H,4-5,13H2,1-3H3,(H2,20,22,25). The van der Waals surface area contributed by atoms with Gasteiger partial charge in [-0.1, -0.05) is 12.1 Å². The topological polar surface area (TPSA) is 74.3 Å². The molecule has 0 aliphatic heterocycles. The Hall–Kier alpha value is -2.89. The summed E-state index contributed by atoms with van der Waals surface area (Å²) < 4.78 is 0. The van der Waals surface area contributed by atoms with Crippen molar-refractivity contribution in [3.63, 3.8) is 0 Å². The fourth-order valence-corrected chi connectivity index (χ4v) is 2.47. The first-order valence-electron chi connectivity index (χ1n) is 8.40. The van der Waals surface area contributed by atoms with E-state index in [0.29, 0.717) is 30.9 Å². The van der Waals surface area contributed by atoms with Crippen molar-refractivity contribution in [3.8, 4) is 0 Å². The van der Waals surface area contributed by atoms with Gasteiger partial charge in [0.15, 0.2) is 0 Å². The number of carbonyl (C=O) groups excluding carboxylic acids is 2. The van der Waals surface area contributed by atoms with Crippen LogP contribution in [0.25, 0.3) is 0 Å². The molecule has 0 fully saturated rings. The van der Waals surface area contributed by atoms with Crippen molar-refractivity contribution in [2.45, 2.75) is 27.3 Å². The number of nitrogens with one attached hydrogen (secondary N) is 2. The van der Waals surface area contributed by atoms with Crippen LogP contribution in [-0.4, -0.2) is 34.9 Å². The van der Waals surface area contributed by atoms with Crippen LogP contribution in [0.5, 0.6) is 0 Å². The Morgan fingerprint density at radius 3 is 2.48 bits per heavy atom. The smallest absolute Gasteiger partial charge is 0.319 e. The van der Waals surface area contributed by atoms with E-state index in [-0.39, 0.29) is 11.9 Å². The minimum absolute atomic E-state index is 0.0435. The van der Waals surface area contributed by atoms with Gasteiger partial charge in [-0.15, -0.1) is 0 Å². The molecule has 0 aliphatic carbocycles. The van der Waals surface area contributed by atoms with E-state index in [9.17, 15) is 9.59 Å². The Bertz CT molecular complexity index is 742. The SMILES string of the molecule is CCN(CC)C(=O)c1cccc(NC(=O)NCc2cccc(C)n2)c1. The predicted octanol–water partition coefficient (Wildman–Crippen LogP) is 3.19. The van der Waals surface area contributed by atoms with E-state index < -0.39 is 0 Å². The van der Waals surface area contributed by atoms with Crippen molar-refractivity contribution in [2.24, 2.45) is 0 Å². The minimum atomic E-state index is -0.337. The van der Waals surface area contributed by atoms with Crippen molar-refractivity contribution in [2.75, 3.05) is 18.4 Å². The fraction of sp³-hybridized carbons (Fsp3) is 0.316. The molecule has 0 radical (unpaired) electrons. The molecule has 2 aromatic rings. The van der Waals surface area contributed by atoms with Crippen LogP contribution in [0, 0.1) is 6.92 Å². The largest absolute Gasteiger partial charge is 0.339 e. The van der Waals surface area contributed by atoms with Gasteiger partial charge in [-0.2, -0.15) is 0 Å². The number of benzene rings is 1. The monoisotopic (exact) mass is 340 g/mol. The third kappa shape index (κ3) is 5.31. The average molecular weight is 340 g/mol. The van der Waals surface area contributed by atoms with Gasteiger partial charge in [-0.3, -0.25) is 9.78 Å². The van der Waals surface area contributed by atoms with Gasteiger partial charge < -0.3 is 15.5 Å². The summed E-state index contributed by atoms with van der Waals surface area (Å²) in [5.41, 5.74) is 2.83. The highest BCUT2D eigenvalue weighted by atomic mass is 16.2. The van der Waals surface area contributed by atoms with Gasteiger partial charge in [0.25, 0.3) is 5.91 Å². The Labute approximate surface area is 148 Å². The van der Waals surface area contributed by atoms with Crippen LogP contribution in [0.15, 0.2) is 42.5 Å². The second kappa shape index (κ2) is 8.82. The number of urea groups is 1. The first-order valence-corrected chi connectivity index (χ1v) is 8.40. The predicted molar refractivity (Wildman–Crippen MR) is 98.5 cm³/mol. The molecule has 3 amide bonds. The number of anilines is 1. The molecule has 6 nitrogen and oxygen atoms in total. The number of hydrogen-bond acceptors (Lipinski definition) is 3. The van der Waals surface area contributed by atoms with Crippen LogP contribution in [0.4, 0.5) is 10.5 Å². The molecular weight excluding hydrogens is 316 g/mol. The van der Waals surface area contributed by atoms with Gasteiger partial charge in [0.1, 0.15) is 0 Å². The molecule has 0 atom stereocenters. The van der Waals surface area contributed by atoms with E-state index in [0.717, 1.165) is 11.4 Å². The van der Waals surface area contributed by atoms with Crippen LogP contribution in [-0.2, 0) is 6.54 Å². The zero-order chi connectivity index (χ0) is 18.2. The second-order valence-corrected chi connectivity index (χ2v) is 5.64. The molecule has 0 spiro atoms. The molecule has 0 saturated heterocycles. The molecule has 0 unspecified atom stereocenters. The maximum absolute atomic E-state index is 12.4. The maximum atomic E-state index is 12.4. The summed E-state index contributed by atoms with van der Waals surface area (Å²) >= 11 is 0. The molecule has 0 bridgehead atoms. The van der Waals surface area contributed by atoms with Gasteiger partial charge in [-0.25, -0.2) is 4.79 Å². The van der Waals surface area contributed by atoms with Crippen molar-refractivity contribution in [3.05, 3.63) is 59.4 Å². The lowest BCUT2D eigenvalue weighted by atomic mass is 10.1. The Kier molecular flexibility index (Phi) is 6.51. The maximum Gasteiger partial charge on any atom is 0.319 e. The van der Waals surface area contributed by atoms with Crippen molar-refractivity contribution < 1.29 is 9.59 Å². The summed E-state index contributed by atoms with van der Waals surface area (Å²) in [6.07, 6.45) is 0.